The van der Waals surface area contributed by atoms with Gasteiger partial charge in [-0.05, 0) is 31.1 Å². The lowest BCUT2D eigenvalue weighted by molar-refractivity contribution is -0.123. The second kappa shape index (κ2) is 4.54. The third-order valence-electron chi connectivity index (χ3n) is 2.96. The third-order valence-corrected chi connectivity index (χ3v) is 2.96. The Bertz CT molecular complexity index is 198. The molecule has 0 aromatic carbocycles. The van der Waals surface area contributed by atoms with Gasteiger partial charge in [0.15, 0.2) is 0 Å². The molecule has 0 spiro atoms. The van der Waals surface area contributed by atoms with Gasteiger partial charge in [-0.15, -0.1) is 0 Å². The van der Waals surface area contributed by atoms with Crippen LogP contribution in [0.5, 0.6) is 0 Å². The molecule has 0 bridgehead atoms. The maximum absolute atomic E-state index is 11.2. The Kier molecular flexibility index (Phi) is 3.64. The highest BCUT2D eigenvalue weighted by Crippen LogP contribution is 2.38. The van der Waals surface area contributed by atoms with Crippen molar-refractivity contribution in [1.82, 2.24) is 0 Å². The van der Waals surface area contributed by atoms with E-state index in [4.69, 9.17) is 0 Å². The smallest absolute Gasteiger partial charge is 0.133 e. The maximum atomic E-state index is 11.2. The molecule has 1 saturated carbocycles. The van der Waals surface area contributed by atoms with Crippen LogP contribution in [0.25, 0.3) is 0 Å². The minimum atomic E-state index is 0.193. The molecule has 0 saturated heterocycles. The van der Waals surface area contributed by atoms with Gasteiger partial charge in [-0.3, -0.25) is 4.79 Å². The van der Waals surface area contributed by atoms with Crippen molar-refractivity contribution < 1.29 is 9.59 Å². The highest BCUT2D eigenvalue weighted by Gasteiger charge is 2.30. The molecule has 1 aliphatic rings. The average Bonchev–Trinajstić information content (AvgIpc) is 2.04. The second-order valence-electron chi connectivity index (χ2n) is 4.44. The van der Waals surface area contributed by atoms with E-state index in [0.29, 0.717) is 12.2 Å². The molecule has 1 aliphatic carbocycles. The zero-order valence-electron chi connectivity index (χ0n) is 8.34. The van der Waals surface area contributed by atoms with E-state index in [1.807, 2.05) is 0 Å². The number of aldehydes is 1. The van der Waals surface area contributed by atoms with Gasteiger partial charge in [0, 0.05) is 19.3 Å². The molecule has 0 radical (unpaired) electrons. The first-order valence-electron chi connectivity index (χ1n) is 5.12. The first kappa shape index (κ1) is 10.4. The van der Waals surface area contributed by atoms with Crippen LogP contribution in [0, 0.1) is 5.41 Å². The molecule has 1 fully saturated rings. The van der Waals surface area contributed by atoms with Crippen molar-refractivity contribution in [1.29, 1.82) is 0 Å². The zero-order chi connectivity index (χ0) is 9.73. The van der Waals surface area contributed by atoms with Gasteiger partial charge in [0.25, 0.3) is 0 Å². The molecule has 0 aromatic heterocycles. The van der Waals surface area contributed by atoms with Crippen LogP contribution in [0.2, 0.25) is 0 Å². The molecule has 0 N–H and O–H groups in total. The quantitative estimate of drug-likeness (QED) is 0.494. The van der Waals surface area contributed by atoms with Crippen molar-refractivity contribution in [3.05, 3.63) is 0 Å². The summed E-state index contributed by atoms with van der Waals surface area (Å²) in [6.45, 7) is 2.18. The molecule has 74 valence electrons. The molecule has 0 aromatic rings. The highest BCUT2D eigenvalue weighted by molar-refractivity contribution is 5.79. The van der Waals surface area contributed by atoms with E-state index in [9.17, 15) is 9.59 Å². The summed E-state index contributed by atoms with van der Waals surface area (Å²) in [7, 11) is 0. The van der Waals surface area contributed by atoms with Crippen LogP contribution in [0.4, 0.5) is 0 Å². The van der Waals surface area contributed by atoms with Crippen LogP contribution in [0.1, 0.15) is 51.9 Å². The lowest BCUT2D eigenvalue weighted by atomic mass is 9.72. The van der Waals surface area contributed by atoms with Crippen molar-refractivity contribution >= 4 is 12.1 Å². The molecule has 0 unspecified atom stereocenters. The molecule has 1 rings (SSSR count). The summed E-state index contributed by atoms with van der Waals surface area (Å²) in [5, 5.41) is 0. The summed E-state index contributed by atoms with van der Waals surface area (Å²) >= 11 is 0. The van der Waals surface area contributed by atoms with Gasteiger partial charge >= 0.3 is 0 Å². The van der Waals surface area contributed by atoms with Crippen LogP contribution in [-0.4, -0.2) is 12.1 Å². The minimum Gasteiger partial charge on any atom is -0.303 e. The minimum absolute atomic E-state index is 0.193. The van der Waals surface area contributed by atoms with Gasteiger partial charge in [-0.1, -0.05) is 6.92 Å². The average molecular weight is 182 g/mol. The number of Topliss-reactive ketones (excluding diaryl/α,β-unsaturated/α-hetero) is 1. The van der Waals surface area contributed by atoms with E-state index >= 15 is 0 Å². The highest BCUT2D eigenvalue weighted by atomic mass is 16.1. The lowest BCUT2D eigenvalue weighted by Gasteiger charge is -2.32. The zero-order valence-corrected chi connectivity index (χ0v) is 8.34. The summed E-state index contributed by atoms with van der Waals surface area (Å²) in [6, 6.07) is 0. The Morgan fingerprint density at radius 1 is 1.54 bits per heavy atom. The van der Waals surface area contributed by atoms with Crippen LogP contribution < -0.4 is 0 Å². The number of rotatable bonds is 4. The lowest BCUT2D eigenvalue weighted by Crippen LogP contribution is -2.25. The Hall–Kier alpha value is -0.660. The van der Waals surface area contributed by atoms with Crippen molar-refractivity contribution in [3.63, 3.8) is 0 Å². The number of carbonyl (C=O) groups excluding carboxylic acids is 2. The van der Waals surface area contributed by atoms with Gasteiger partial charge in [0.1, 0.15) is 12.1 Å². The first-order valence-corrected chi connectivity index (χ1v) is 5.12. The molecule has 0 heterocycles. The fraction of sp³-hybridized carbons (Fsp3) is 0.818. The first-order chi connectivity index (χ1) is 6.16. The Morgan fingerprint density at radius 2 is 2.31 bits per heavy atom. The molecular formula is C11H18O2. The predicted molar refractivity (Wildman–Crippen MR) is 51.5 cm³/mol. The molecule has 2 heteroatoms. The maximum Gasteiger partial charge on any atom is 0.133 e. The van der Waals surface area contributed by atoms with Gasteiger partial charge < -0.3 is 4.79 Å². The fourth-order valence-corrected chi connectivity index (χ4v) is 2.19. The van der Waals surface area contributed by atoms with Crippen LogP contribution >= 0.6 is 0 Å². The number of hydrogen-bond acceptors (Lipinski definition) is 2. The second-order valence-corrected chi connectivity index (χ2v) is 4.44. The van der Waals surface area contributed by atoms with E-state index in [1.165, 1.54) is 0 Å². The van der Waals surface area contributed by atoms with E-state index in [0.717, 1.165) is 44.8 Å². The third kappa shape index (κ3) is 3.29. The van der Waals surface area contributed by atoms with Crippen molar-refractivity contribution in [3.8, 4) is 0 Å². The predicted octanol–water partition coefficient (Wildman–Crippen LogP) is 2.51. The van der Waals surface area contributed by atoms with Crippen molar-refractivity contribution in [2.75, 3.05) is 0 Å². The molecule has 0 amide bonds. The van der Waals surface area contributed by atoms with E-state index in [2.05, 4.69) is 6.92 Å². The molecule has 13 heavy (non-hydrogen) atoms. The molecular weight excluding hydrogens is 164 g/mol. The fourth-order valence-electron chi connectivity index (χ4n) is 2.19. The van der Waals surface area contributed by atoms with Gasteiger partial charge in [-0.25, -0.2) is 0 Å². The van der Waals surface area contributed by atoms with Gasteiger partial charge in [0.05, 0.1) is 0 Å². The number of ketones is 1. The van der Waals surface area contributed by atoms with E-state index in [-0.39, 0.29) is 5.41 Å². The number of unbranched alkanes of at least 4 members (excludes halogenated alkanes) is 1. The number of carbonyl (C=O) groups is 2. The number of hydrogen-bond donors (Lipinski definition) is 0. The summed E-state index contributed by atoms with van der Waals surface area (Å²) in [5.74, 6) is 0.403. The standard InChI is InChI=1S/C11H18O2/c1-11(6-2-3-8-12)7-4-5-10(13)9-11/h8H,2-7,9H2,1H3/t11-/m0/s1. The summed E-state index contributed by atoms with van der Waals surface area (Å²) in [4.78, 5) is 21.4. The van der Waals surface area contributed by atoms with Crippen LogP contribution in [0.3, 0.4) is 0 Å². The Balaban J connectivity index is 2.35. The molecule has 0 aliphatic heterocycles. The van der Waals surface area contributed by atoms with Crippen LogP contribution in [0.15, 0.2) is 0 Å². The topological polar surface area (TPSA) is 34.1 Å². The SMILES string of the molecule is C[C@]1(CCCC=O)CCCC(=O)C1. The largest absolute Gasteiger partial charge is 0.303 e. The van der Waals surface area contributed by atoms with Crippen molar-refractivity contribution in [2.24, 2.45) is 5.41 Å². The van der Waals surface area contributed by atoms with Gasteiger partial charge in [0.2, 0.25) is 0 Å². The van der Waals surface area contributed by atoms with Gasteiger partial charge in [-0.2, -0.15) is 0 Å². The van der Waals surface area contributed by atoms with E-state index in [1.54, 1.807) is 0 Å². The summed E-state index contributed by atoms with van der Waals surface area (Å²) in [6.07, 6.45) is 7.26. The normalized spacial score (nSPS) is 28.8. The molecule has 2 nitrogen and oxygen atoms in total. The Labute approximate surface area is 79.7 Å². The van der Waals surface area contributed by atoms with Crippen molar-refractivity contribution in [2.45, 2.75) is 51.9 Å². The van der Waals surface area contributed by atoms with E-state index < -0.39 is 0 Å². The molecule has 1 atom stereocenters. The monoisotopic (exact) mass is 182 g/mol. The summed E-state index contributed by atoms with van der Waals surface area (Å²) < 4.78 is 0. The summed E-state index contributed by atoms with van der Waals surface area (Å²) in [5.41, 5.74) is 0.193. The Morgan fingerprint density at radius 3 is 2.92 bits per heavy atom. The van der Waals surface area contributed by atoms with Crippen LogP contribution in [-0.2, 0) is 9.59 Å².